The molecule has 2 rings (SSSR count). The number of pyridine rings is 1. The molecule has 2 N–H and O–H groups in total. The number of likely N-dealkylation sites (tertiary alicyclic amines) is 1. The van der Waals surface area contributed by atoms with Crippen molar-refractivity contribution >= 4 is 17.6 Å². The molecular formula is C20H34ClN5. The minimum Gasteiger partial charge on any atom is -0.357 e. The number of rotatable bonds is 9. The van der Waals surface area contributed by atoms with E-state index in [1.165, 1.54) is 44.5 Å². The van der Waals surface area contributed by atoms with Crippen LogP contribution in [-0.4, -0.2) is 55.1 Å². The van der Waals surface area contributed by atoms with Gasteiger partial charge in [0.2, 0.25) is 0 Å². The predicted octanol–water partition coefficient (Wildman–Crippen LogP) is 3.34. The Balaban J connectivity index is 1.63. The van der Waals surface area contributed by atoms with Crippen LogP contribution in [0.25, 0.3) is 0 Å². The molecule has 0 aliphatic carbocycles. The topological polar surface area (TPSA) is 52.6 Å². The van der Waals surface area contributed by atoms with Crippen molar-refractivity contribution in [3.8, 4) is 0 Å². The maximum Gasteiger partial charge on any atom is 0.191 e. The average Bonchev–Trinajstić information content (AvgIpc) is 2.63. The molecule has 0 spiro atoms. The summed E-state index contributed by atoms with van der Waals surface area (Å²) in [6.45, 7) is 10.8. The van der Waals surface area contributed by atoms with E-state index < -0.39 is 0 Å². The van der Waals surface area contributed by atoms with Crippen molar-refractivity contribution < 1.29 is 0 Å². The second-order valence-corrected chi connectivity index (χ2v) is 7.57. The molecule has 0 bridgehead atoms. The maximum absolute atomic E-state index is 5.82. The summed E-state index contributed by atoms with van der Waals surface area (Å²) in [4.78, 5) is 11.4. The largest absolute Gasteiger partial charge is 0.357 e. The van der Waals surface area contributed by atoms with Gasteiger partial charge < -0.3 is 15.5 Å². The van der Waals surface area contributed by atoms with E-state index in [9.17, 15) is 0 Å². The molecule has 26 heavy (non-hydrogen) atoms. The molecule has 5 nitrogen and oxygen atoms in total. The van der Waals surface area contributed by atoms with Crippen LogP contribution in [0.1, 0.15) is 45.1 Å². The van der Waals surface area contributed by atoms with E-state index in [1.807, 2.05) is 18.3 Å². The maximum atomic E-state index is 5.82. The molecule has 1 aromatic heterocycles. The minimum absolute atomic E-state index is 0.538. The van der Waals surface area contributed by atoms with Gasteiger partial charge in [-0.15, -0.1) is 0 Å². The Hall–Kier alpha value is -1.33. The highest BCUT2D eigenvalue weighted by Crippen LogP contribution is 2.15. The first-order chi connectivity index (χ1) is 12.7. The Labute approximate surface area is 163 Å². The summed E-state index contributed by atoms with van der Waals surface area (Å²) in [7, 11) is 0. The molecule has 0 radical (unpaired) electrons. The number of piperidine rings is 1. The minimum atomic E-state index is 0.538. The van der Waals surface area contributed by atoms with E-state index in [4.69, 9.17) is 16.6 Å². The summed E-state index contributed by atoms with van der Waals surface area (Å²) in [6, 6.07) is 3.85. The van der Waals surface area contributed by atoms with Gasteiger partial charge in [0.25, 0.3) is 0 Å². The predicted molar refractivity (Wildman–Crippen MR) is 111 cm³/mol. The van der Waals surface area contributed by atoms with Gasteiger partial charge in [0.05, 0.1) is 0 Å². The van der Waals surface area contributed by atoms with Crippen LogP contribution in [0.4, 0.5) is 0 Å². The van der Waals surface area contributed by atoms with E-state index in [2.05, 4.69) is 34.4 Å². The van der Waals surface area contributed by atoms with Gasteiger partial charge in [0, 0.05) is 32.4 Å². The summed E-state index contributed by atoms with van der Waals surface area (Å²) in [5.41, 5.74) is 1.17. The van der Waals surface area contributed by atoms with Crippen LogP contribution in [0.5, 0.6) is 0 Å². The molecule has 146 valence electrons. The molecule has 0 saturated carbocycles. The van der Waals surface area contributed by atoms with Gasteiger partial charge in [-0.3, -0.25) is 4.99 Å². The Morgan fingerprint density at radius 3 is 2.96 bits per heavy atom. The monoisotopic (exact) mass is 379 g/mol. The molecule has 1 aromatic rings. The molecule has 2 heterocycles. The highest BCUT2D eigenvalue weighted by molar-refractivity contribution is 6.29. The van der Waals surface area contributed by atoms with Crippen molar-refractivity contribution in [3.63, 3.8) is 0 Å². The fraction of sp³-hybridized carbons (Fsp3) is 0.700. The number of aliphatic imine (C=N–C) groups is 1. The van der Waals surface area contributed by atoms with Crippen molar-refractivity contribution in [1.29, 1.82) is 0 Å². The SMILES string of the molecule is CCNC(=NCCCCN1CCCC(C)C1)NCCc1ccc(Cl)nc1. The molecular weight excluding hydrogens is 346 g/mol. The second kappa shape index (κ2) is 12.1. The van der Waals surface area contributed by atoms with E-state index in [0.29, 0.717) is 5.15 Å². The molecule has 0 aromatic carbocycles. The third-order valence-electron chi connectivity index (χ3n) is 4.73. The zero-order chi connectivity index (χ0) is 18.6. The molecule has 1 unspecified atom stereocenters. The lowest BCUT2D eigenvalue weighted by molar-refractivity contribution is 0.181. The van der Waals surface area contributed by atoms with E-state index in [-0.39, 0.29) is 0 Å². The lowest BCUT2D eigenvalue weighted by Gasteiger charge is -2.30. The van der Waals surface area contributed by atoms with Gasteiger partial charge >= 0.3 is 0 Å². The standard InChI is InChI=1S/C20H34ClN5/c1-3-22-20(24-12-10-18-8-9-19(21)25-15-18)23-11-4-5-13-26-14-6-7-17(2)16-26/h8-9,15,17H,3-7,10-14,16H2,1-2H3,(H2,22,23,24). The highest BCUT2D eigenvalue weighted by atomic mass is 35.5. The molecule has 1 aliphatic rings. The number of halogens is 1. The van der Waals surface area contributed by atoms with Gasteiger partial charge in [0.1, 0.15) is 5.15 Å². The summed E-state index contributed by atoms with van der Waals surface area (Å²) >= 11 is 5.82. The number of unbranched alkanes of at least 4 members (excludes halogenated alkanes) is 1. The van der Waals surface area contributed by atoms with Crippen LogP contribution in [0, 0.1) is 5.92 Å². The number of hydrogen-bond donors (Lipinski definition) is 2. The smallest absolute Gasteiger partial charge is 0.191 e. The van der Waals surface area contributed by atoms with Crippen molar-refractivity contribution in [2.45, 2.75) is 46.0 Å². The summed E-state index contributed by atoms with van der Waals surface area (Å²) < 4.78 is 0. The zero-order valence-electron chi connectivity index (χ0n) is 16.3. The van der Waals surface area contributed by atoms with Crippen molar-refractivity contribution in [2.24, 2.45) is 10.9 Å². The Kier molecular flexibility index (Phi) is 9.78. The summed E-state index contributed by atoms with van der Waals surface area (Å²) in [5, 5.41) is 7.25. The number of aromatic nitrogens is 1. The van der Waals surface area contributed by atoms with Crippen LogP contribution in [0.15, 0.2) is 23.3 Å². The number of nitrogens with one attached hydrogen (secondary N) is 2. The van der Waals surface area contributed by atoms with Crippen molar-refractivity contribution in [3.05, 3.63) is 29.0 Å². The van der Waals surface area contributed by atoms with Crippen molar-refractivity contribution in [1.82, 2.24) is 20.5 Å². The van der Waals surface area contributed by atoms with Gasteiger partial charge in [0.15, 0.2) is 5.96 Å². The zero-order valence-corrected chi connectivity index (χ0v) is 17.1. The van der Waals surface area contributed by atoms with E-state index >= 15 is 0 Å². The van der Waals surface area contributed by atoms with Crippen LogP contribution >= 0.6 is 11.6 Å². The number of guanidine groups is 1. The molecule has 1 atom stereocenters. The van der Waals surface area contributed by atoms with Gasteiger partial charge in [-0.1, -0.05) is 24.6 Å². The third kappa shape index (κ3) is 8.37. The van der Waals surface area contributed by atoms with E-state index in [0.717, 1.165) is 44.4 Å². The summed E-state index contributed by atoms with van der Waals surface area (Å²) in [6.07, 6.45) is 7.85. The quantitative estimate of drug-likeness (QED) is 0.299. The number of hydrogen-bond acceptors (Lipinski definition) is 3. The first kappa shape index (κ1) is 21.0. The first-order valence-electron chi connectivity index (χ1n) is 10.0. The Morgan fingerprint density at radius 1 is 1.35 bits per heavy atom. The Bertz CT molecular complexity index is 532. The first-order valence-corrected chi connectivity index (χ1v) is 10.4. The highest BCUT2D eigenvalue weighted by Gasteiger charge is 2.15. The molecule has 1 fully saturated rings. The molecule has 1 aliphatic heterocycles. The van der Waals surface area contributed by atoms with Gasteiger partial charge in [-0.2, -0.15) is 0 Å². The average molecular weight is 380 g/mol. The fourth-order valence-corrected chi connectivity index (χ4v) is 3.46. The van der Waals surface area contributed by atoms with Crippen LogP contribution in [-0.2, 0) is 6.42 Å². The fourth-order valence-electron chi connectivity index (χ4n) is 3.35. The Morgan fingerprint density at radius 2 is 2.23 bits per heavy atom. The lowest BCUT2D eigenvalue weighted by atomic mass is 10.0. The van der Waals surface area contributed by atoms with Crippen LogP contribution in [0.3, 0.4) is 0 Å². The number of nitrogens with zero attached hydrogens (tertiary/aromatic N) is 3. The molecule has 0 amide bonds. The van der Waals surface area contributed by atoms with Crippen LogP contribution in [0.2, 0.25) is 5.15 Å². The van der Waals surface area contributed by atoms with Crippen LogP contribution < -0.4 is 10.6 Å². The molecule has 6 heteroatoms. The third-order valence-corrected chi connectivity index (χ3v) is 4.96. The van der Waals surface area contributed by atoms with Gasteiger partial charge in [-0.25, -0.2) is 4.98 Å². The van der Waals surface area contributed by atoms with Gasteiger partial charge in [-0.05, 0) is 69.7 Å². The van der Waals surface area contributed by atoms with E-state index in [1.54, 1.807) is 0 Å². The second-order valence-electron chi connectivity index (χ2n) is 7.18. The summed E-state index contributed by atoms with van der Waals surface area (Å²) in [5.74, 6) is 1.77. The molecule has 1 saturated heterocycles. The van der Waals surface area contributed by atoms with Crippen molar-refractivity contribution in [2.75, 3.05) is 39.3 Å². The normalized spacial score (nSPS) is 18.7. The lowest BCUT2D eigenvalue weighted by Crippen LogP contribution is -2.38.